The van der Waals surface area contributed by atoms with Crippen molar-refractivity contribution in [3.63, 3.8) is 0 Å². The number of hydrogen-bond donors (Lipinski definition) is 0. The Hall–Kier alpha value is -1.77. The highest BCUT2D eigenvalue weighted by Crippen LogP contribution is 2.11. The summed E-state index contributed by atoms with van der Waals surface area (Å²) in [4.78, 5) is 0. The number of aromatic nitrogens is 2. The largest absolute Gasteiger partial charge is 0.711 e. The van der Waals surface area contributed by atoms with Gasteiger partial charge in [0.2, 0.25) is 0 Å². The molecule has 0 saturated heterocycles. The molecule has 0 aliphatic carbocycles. The topological polar surface area (TPSA) is 31.9 Å². The predicted octanol–water partition coefficient (Wildman–Crippen LogP) is 1.73. The van der Waals surface area contributed by atoms with E-state index < -0.39 is 0 Å². The van der Waals surface area contributed by atoms with E-state index in [-0.39, 0.29) is 0 Å². The van der Waals surface area contributed by atoms with Crippen molar-refractivity contribution in [1.29, 1.82) is 0 Å². The zero-order chi connectivity index (χ0) is 10.1. The number of imidazole rings is 1. The first kappa shape index (κ1) is 8.81. The summed E-state index contributed by atoms with van der Waals surface area (Å²) in [6.07, 6.45) is 1.56. The summed E-state index contributed by atoms with van der Waals surface area (Å²) < 4.78 is 2.78. The first-order chi connectivity index (χ1) is 6.70. The van der Waals surface area contributed by atoms with Crippen molar-refractivity contribution in [2.45, 2.75) is 13.8 Å². The van der Waals surface area contributed by atoms with Crippen LogP contribution in [-0.2, 0) is 0 Å². The molecule has 0 saturated carbocycles. The van der Waals surface area contributed by atoms with E-state index in [9.17, 15) is 5.21 Å². The summed E-state index contributed by atoms with van der Waals surface area (Å²) in [6, 6.07) is 9.83. The molecular formula is C11H12N2O. The Bertz CT molecular complexity index is 446. The van der Waals surface area contributed by atoms with Gasteiger partial charge in [0, 0.05) is 13.8 Å². The van der Waals surface area contributed by atoms with Crippen molar-refractivity contribution >= 4 is 0 Å². The van der Waals surface area contributed by atoms with Crippen LogP contribution in [0.25, 0.3) is 5.69 Å². The molecule has 0 spiro atoms. The molecule has 0 aliphatic rings. The molecule has 0 amide bonds. The minimum Gasteiger partial charge on any atom is -0.711 e. The van der Waals surface area contributed by atoms with Crippen molar-refractivity contribution in [3.8, 4) is 5.69 Å². The van der Waals surface area contributed by atoms with Crippen LogP contribution in [0.4, 0.5) is 0 Å². The van der Waals surface area contributed by atoms with Gasteiger partial charge in [0.05, 0.1) is 0 Å². The Labute approximate surface area is 82.8 Å². The Kier molecular flexibility index (Phi) is 2.00. The second kappa shape index (κ2) is 3.18. The van der Waals surface area contributed by atoms with Gasteiger partial charge < -0.3 is 5.21 Å². The molecule has 3 heteroatoms. The molecular weight excluding hydrogens is 176 g/mol. The van der Waals surface area contributed by atoms with Crippen LogP contribution in [0, 0.1) is 19.1 Å². The highest BCUT2D eigenvalue weighted by Gasteiger charge is 2.12. The number of rotatable bonds is 1. The average molecular weight is 188 g/mol. The number of nitrogens with zero attached hydrogens (tertiary/aromatic N) is 2. The Morgan fingerprint density at radius 1 is 1.14 bits per heavy atom. The van der Waals surface area contributed by atoms with Crippen LogP contribution in [0.15, 0.2) is 36.7 Å². The lowest BCUT2D eigenvalue weighted by atomic mass is 10.3. The average Bonchev–Trinajstić information content (AvgIpc) is 2.47. The Balaban J connectivity index is 2.58. The van der Waals surface area contributed by atoms with E-state index in [4.69, 9.17) is 0 Å². The van der Waals surface area contributed by atoms with Gasteiger partial charge >= 0.3 is 0 Å². The zero-order valence-electron chi connectivity index (χ0n) is 8.27. The number of benzene rings is 1. The molecule has 0 aliphatic heterocycles. The molecule has 1 heterocycles. The molecule has 0 fully saturated rings. The lowest BCUT2D eigenvalue weighted by Gasteiger charge is -1.96. The normalized spacial score (nSPS) is 10.4. The highest BCUT2D eigenvalue weighted by molar-refractivity contribution is 5.33. The van der Waals surface area contributed by atoms with Crippen LogP contribution < -0.4 is 4.73 Å². The molecule has 14 heavy (non-hydrogen) atoms. The third kappa shape index (κ3) is 1.27. The van der Waals surface area contributed by atoms with Gasteiger partial charge in [-0.1, -0.05) is 18.2 Å². The first-order valence-electron chi connectivity index (χ1n) is 4.53. The molecule has 0 unspecified atom stereocenters. The van der Waals surface area contributed by atoms with E-state index in [0.717, 1.165) is 21.8 Å². The van der Waals surface area contributed by atoms with Crippen molar-refractivity contribution < 1.29 is 4.73 Å². The van der Waals surface area contributed by atoms with Gasteiger partial charge in [-0.25, -0.2) is 4.73 Å². The Morgan fingerprint density at radius 3 is 2.29 bits per heavy atom. The van der Waals surface area contributed by atoms with Gasteiger partial charge in [0.25, 0.3) is 6.33 Å². The molecule has 72 valence electrons. The van der Waals surface area contributed by atoms with E-state index in [0.29, 0.717) is 0 Å². The smallest absolute Gasteiger partial charge is 0.252 e. The molecule has 0 N–H and O–H groups in total. The second-order valence-electron chi connectivity index (χ2n) is 3.32. The van der Waals surface area contributed by atoms with E-state index in [1.165, 1.54) is 0 Å². The van der Waals surface area contributed by atoms with Crippen LogP contribution >= 0.6 is 0 Å². The number of hydrogen-bond acceptors (Lipinski definition) is 1. The maximum absolute atomic E-state index is 11.3. The molecule has 0 atom stereocenters. The van der Waals surface area contributed by atoms with Crippen LogP contribution in [0.2, 0.25) is 0 Å². The summed E-state index contributed by atoms with van der Waals surface area (Å²) in [5, 5.41) is 11.3. The summed E-state index contributed by atoms with van der Waals surface area (Å²) in [7, 11) is 0. The van der Waals surface area contributed by atoms with Crippen molar-refractivity contribution in [3.05, 3.63) is 53.3 Å². The van der Waals surface area contributed by atoms with Gasteiger partial charge in [0.15, 0.2) is 0 Å². The molecule has 0 bridgehead atoms. The van der Waals surface area contributed by atoms with Gasteiger partial charge in [-0.2, -0.15) is 4.57 Å². The SMILES string of the molecule is Cc1c(C)[n+]([O-])cn1-c1ccccc1. The van der Waals surface area contributed by atoms with Gasteiger partial charge in [-0.05, 0) is 12.1 Å². The van der Waals surface area contributed by atoms with Crippen molar-refractivity contribution in [1.82, 2.24) is 4.57 Å². The fourth-order valence-corrected chi connectivity index (χ4v) is 1.46. The van der Waals surface area contributed by atoms with E-state index in [1.807, 2.05) is 48.7 Å². The number of para-hydroxylation sites is 1. The van der Waals surface area contributed by atoms with Crippen molar-refractivity contribution in [2.75, 3.05) is 0 Å². The molecule has 2 aromatic rings. The Morgan fingerprint density at radius 2 is 1.79 bits per heavy atom. The first-order valence-corrected chi connectivity index (χ1v) is 4.53. The van der Waals surface area contributed by atoms with Crippen LogP contribution in [0.1, 0.15) is 11.4 Å². The van der Waals surface area contributed by atoms with Crippen LogP contribution in [-0.4, -0.2) is 4.57 Å². The lowest BCUT2D eigenvalue weighted by molar-refractivity contribution is -0.611. The monoisotopic (exact) mass is 188 g/mol. The summed E-state index contributed by atoms with van der Waals surface area (Å²) in [6.45, 7) is 3.76. The van der Waals surface area contributed by atoms with E-state index in [2.05, 4.69) is 0 Å². The predicted molar refractivity (Wildman–Crippen MR) is 54.2 cm³/mol. The quantitative estimate of drug-likeness (QED) is 0.495. The second-order valence-corrected chi connectivity index (χ2v) is 3.32. The molecule has 0 radical (unpaired) electrons. The molecule has 3 nitrogen and oxygen atoms in total. The van der Waals surface area contributed by atoms with Crippen LogP contribution in [0.3, 0.4) is 0 Å². The minimum absolute atomic E-state index is 0.744. The molecule has 2 rings (SSSR count). The lowest BCUT2D eigenvalue weighted by Crippen LogP contribution is -2.26. The third-order valence-electron chi connectivity index (χ3n) is 2.47. The zero-order valence-corrected chi connectivity index (χ0v) is 8.27. The van der Waals surface area contributed by atoms with Gasteiger partial charge in [-0.3, -0.25) is 0 Å². The van der Waals surface area contributed by atoms with Gasteiger partial charge in [-0.15, -0.1) is 0 Å². The minimum atomic E-state index is 0.744. The summed E-state index contributed by atoms with van der Waals surface area (Å²) >= 11 is 0. The standard InChI is InChI=1S/C11H12N2O/c1-9-10(2)13(14)8-12(9)11-6-4-3-5-7-11/h3-8H,1-2H3. The van der Waals surface area contributed by atoms with Gasteiger partial charge in [0.1, 0.15) is 17.1 Å². The summed E-state index contributed by atoms with van der Waals surface area (Å²) in [5.41, 5.74) is 2.74. The third-order valence-corrected chi connectivity index (χ3v) is 2.47. The maximum Gasteiger partial charge on any atom is 0.252 e. The highest BCUT2D eigenvalue weighted by atomic mass is 16.5. The van der Waals surface area contributed by atoms with E-state index >= 15 is 0 Å². The molecule has 1 aromatic carbocycles. The maximum atomic E-state index is 11.3. The fourth-order valence-electron chi connectivity index (χ4n) is 1.46. The molecule has 1 aromatic heterocycles. The van der Waals surface area contributed by atoms with Crippen molar-refractivity contribution in [2.24, 2.45) is 0 Å². The van der Waals surface area contributed by atoms with E-state index in [1.54, 1.807) is 6.33 Å². The summed E-state index contributed by atoms with van der Waals surface area (Å²) in [5.74, 6) is 0. The van der Waals surface area contributed by atoms with Crippen LogP contribution in [0.5, 0.6) is 0 Å². The fraction of sp³-hybridized carbons (Fsp3) is 0.182.